The van der Waals surface area contributed by atoms with Crippen LogP contribution in [0.5, 0.6) is 0 Å². The Labute approximate surface area is 99.8 Å². The number of hydrogen-bond donors (Lipinski definition) is 1. The highest BCUT2D eigenvalue weighted by molar-refractivity contribution is 7.24. The minimum Gasteiger partial charge on any atom is -0.481 e. The van der Waals surface area contributed by atoms with E-state index < -0.39 is 14.4 Å². The molecule has 0 bridgehead atoms. The van der Waals surface area contributed by atoms with E-state index in [-0.39, 0.29) is 22.9 Å². The van der Waals surface area contributed by atoms with E-state index >= 15 is 0 Å². The molecule has 0 aromatic rings. The predicted molar refractivity (Wildman–Crippen MR) is 68.9 cm³/mol. The first-order valence-electron chi connectivity index (χ1n) is 5.75. The summed E-state index contributed by atoms with van der Waals surface area (Å²) in [5, 5.41) is 8.66. The van der Waals surface area contributed by atoms with E-state index in [1.807, 2.05) is 0 Å². The molecule has 0 saturated heterocycles. The summed E-state index contributed by atoms with van der Waals surface area (Å²) >= 11 is 0. The van der Waals surface area contributed by atoms with Gasteiger partial charge in [-0.2, -0.15) is 0 Å². The fourth-order valence-electron chi connectivity index (χ4n) is 2.42. The standard InChI is InChI=1S/C12H25O3P/c1-11(2,3)8-12(4,5)9(16-15)6-7-10(13)14/h9H,6-8,16H2,1-5H3,(H,13,14)/t9-/m0/s1. The fraction of sp³-hybridized carbons (Fsp3) is 0.917. The first kappa shape index (κ1) is 15.7. The molecule has 3 nitrogen and oxygen atoms in total. The molecule has 0 radical (unpaired) electrons. The second-order valence-corrected chi connectivity index (χ2v) is 7.48. The number of aliphatic carboxylic acids is 1. The van der Waals surface area contributed by atoms with Gasteiger partial charge in [0.15, 0.2) is 0 Å². The maximum absolute atomic E-state index is 11.3. The maximum Gasteiger partial charge on any atom is 0.303 e. The van der Waals surface area contributed by atoms with Crippen molar-refractivity contribution in [1.29, 1.82) is 0 Å². The minimum absolute atomic E-state index is 0.0304. The van der Waals surface area contributed by atoms with E-state index in [0.29, 0.717) is 6.42 Å². The van der Waals surface area contributed by atoms with Crippen molar-refractivity contribution in [3.8, 4) is 0 Å². The summed E-state index contributed by atoms with van der Waals surface area (Å²) in [6.07, 6.45) is 1.60. The summed E-state index contributed by atoms with van der Waals surface area (Å²) in [5.41, 5.74) is 0.160. The van der Waals surface area contributed by atoms with Gasteiger partial charge in [0.25, 0.3) is 0 Å². The number of rotatable bonds is 6. The summed E-state index contributed by atoms with van der Waals surface area (Å²) in [5.74, 6) is -0.801. The highest BCUT2D eigenvalue weighted by atomic mass is 31.1. The van der Waals surface area contributed by atoms with Gasteiger partial charge in [-0.3, -0.25) is 4.79 Å². The molecular formula is C12H25O3P. The van der Waals surface area contributed by atoms with Gasteiger partial charge in [0, 0.05) is 12.1 Å². The molecule has 0 saturated carbocycles. The van der Waals surface area contributed by atoms with Crippen LogP contribution < -0.4 is 0 Å². The van der Waals surface area contributed by atoms with E-state index in [2.05, 4.69) is 34.6 Å². The van der Waals surface area contributed by atoms with Gasteiger partial charge in [-0.15, -0.1) is 0 Å². The molecule has 0 spiro atoms. The zero-order chi connectivity index (χ0) is 13.0. The average molecular weight is 248 g/mol. The largest absolute Gasteiger partial charge is 0.481 e. The Morgan fingerprint density at radius 2 is 1.75 bits per heavy atom. The molecule has 1 unspecified atom stereocenters. The van der Waals surface area contributed by atoms with Crippen LogP contribution in [0, 0.1) is 10.8 Å². The Morgan fingerprint density at radius 1 is 1.25 bits per heavy atom. The van der Waals surface area contributed by atoms with E-state index in [0.717, 1.165) is 6.42 Å². The Morgan fingerprint density at radius 3 is 2.06 bits per heavy atom. The van der Waals surface area contributed by atoms with Gasteiger partial charge in [-0.05, 0) is 23.7 Å². The van der Waals surface area contributed by atoms with Crippen LogP contribution in [0.1, 0.15) is 53.9 Å². The van der Waals surface area contributed by atoms with E-state index in [9.17, 15) is 9.36 Å². The lowest BCUT2D eigenvalue weighted by molar-refractivity contribution is -0.137. The second kappa shape index (κ2) is 5.86. The molecule has 0 aromatic carbocycles. The third-order valence-corrected chi connectivity index (χ3v) is 4.39. The molecule has 0 aliphatic carbocycles. The Balaban J connectivity index is 4.54. The van der Waals surface area contributed by atoms with Gasteiger partial charge < -0.3 is 9.67 Å². The molecule has 96 valence electrons. The van der Waals surface area contributed by atoms with Crippen LogP contribution >= 0.6 is 8.46 Å². The summed E-state index contributed by atoms with van der Waals surface area (Å²) < 4.78 is 11.3. The molecule has 0 fully saturated rings. The minimum atomic E-state index is -0.915. The Kier molecular flexibility index (Phi) is 5.75. The van der Waals surface area contributed by atoms with E-state index in [1.54, 1.807) is 0 Å². The van der Waals surface area contributed by atoms with Crippen LogP contribution in [0.25, 0.3) is 0 Å². The fourth-order valence-corrected chi connectivity index (χ4v) is 3.21. The SMILES string of the molecule is CC(C)(C)CC(C)(C)[C@H](CCC(=O)O)[PH2]=O. The molecule has 0 amide bonds. The quantitative estimate of drug-likeness (QED) is 0.732. The van der Waals surface area contributed by atoms with Crippen molar-refractivity contribution in [2.75, 3.05) is 0 Å². The molecule has 4 heteroatoms. The van der Waals surface area contributed by atoms with Crippen LogP contribution in [0.15, 0.2) is 0 Å². The molecule has 0 aliphatic rings. The van der Waals surface area contributed by atoms with E-state index in [1.165, 1.54) is 0 Å². The van der Waals surface area contributed by atoms with Gasteiger partial charge in [0.1, 0.15) is 0 Å². The van der Waals surface area contributed by atoms with Gasteiger partial charge in [0.05, 0.1) is 8.46 Å². The van der Waals surface area contributed by atoms with Crippen LogP contribution in [0.2, 0.25) is 0 Å². The van der Waals surface area contributed by atoms with Gasteiger partial charge in [0.2, 0.25) is 0 Å². The average Bonchev–Trinajstić information content (AvgIpc) is 1.98. The topological polar surface area (TPSA) is 54.4 Å². The maximum atomic E-state index is 11.3. The van der Waals surface area contributed by atoms with Crippen molar-refractivity contribution < 1.29 is 14.5 Å². The lowest BCUT2D eigenvalue weighted by Crippen LogP contribution is -2.30. The van der Waals surface area contributed by atoms with Crippen molar-refractivity contribution in [2.45, 2.75) is 59.5 Å². The normalized spacial score (nSPS) is 15.6. The van der Waals surface area contributed by atoms with Crippen molar-refractivity contribution in [2.24, 2.45) is 10.8 Å². The zero-order valence-electron chi connectivity index (χ0n) is 11.0. The molecule has 0 heterocycles. The monoisotopic (exact) mass is 248 g/mol. The summed E-state index contributed by atoms with van der Waals surface area (Å²) in [7, 11) is -0.915. The first-order chi connectivity index (χ1) is 7.08. The summed E-state index contributed by atoms with van der Waals surface area (Å²) in [6.45, 7) is 10.7. The summed E-state index contributed by atoms with van der Waals surface area (Å²) in [6, 6.07) is 0. The zero-order valence-corrected chi connectivity index (χ0v) is 12.2. The molecule has 2 atom stereocenters. The van der Waals surface area contributed by atoms with Crippen LogP contribution in [-0.4, -0.2) is 16.7 Å². The molecule has 0 aromatic heterocycles. The van der Waals surface area contributed by atoms with Crippen LogP contribution in [0.4, 0.5) is 0 Å². The highest BCUT2D eigenvalue weighted by Crippen LogP contribution is 2.42. The molecule has 0 rings (SSSR count). The van der Waals surface area contributed by atoms with Crippen LogP contribution in [-0.2, 0) is 9.36 Å². The van der Waals surface area contributed by atoms with Gasteiger partial charge in [-0.1, -0.05) is 34.6 Å². The van der Waals surface area contributed by atoms with Crippen molar-refractivity contribution in [1.82, 2.24) is 0 Å². The number of carboxylic acids is 1. The third kappa shape index (κ3) is 6.32. The molecule has 0 aliphatic heterocycles. The number of hydrogen-bond acceptors (Lipinski definition) is 2. The van der Waals surface area contributed by atoms with Gasteiger partial charge >= 0.3 is 5.97 Å². The third-order valence-electron chi connectivity index (χ3n) is 2.82. The van der Waals surface area contributed by atoms with E-state index in [4.69, 9.17) is 5.11 Å². The number of carboxylic acid groups (broad SMARTS) is 1. The lowest BCUT2D eigenvalue weighted by Gasteiger charge is -2.36. The molecule has 16 heavy (non-hydrogen) atoms. The number of carbonyl (C=O) groups is 1. The molecular weight excluding hydrogens is 223 g/mol. The lowest BCUT2D eigenvalue weighted by atomic mass is 9.73. The first-order valence-corrected chi connectivity index (χ1v) is 6.89. The van der Waals surface area contributed by atoms with Crippen molar-refractivity contribution in [3.05, 3.63) is 0 Å². The smallest absolute Gasteiger partial charge is 0.303 e. The van der Waals surface area contributed by atoms with Gasteiger partial charge in [-0.25, -0.2) is 0 Å². The van der Waals surface area contributed by atoms with Crippen molar-refractivity contribution >= 4 is 14.4 Å². The Bertz CT molecular complexity index is 253. The molecule has 1 N–H and O–H groups in total. The summed E-state index contributed by atoms with van der Waals surface area (Å²) in [4.78, 5) is 10.5. The highest BCUT2D eigenvalue weighted by Gasteiger charge is 2.32. The second-order valence-electron chi connectivity index (χ2n) is 6.40. The predicted octanol–water partition coefficient (Wildman–Crippen LogP) is 3.44. The Hall–Kier alpha value is -0.300. The van der Waals surface area contributed by atoms with Crippen LogP contribution in [0.3, 0.4) is 0 Å². The van der Waals surface area contributed by atoms with Crippen molar-refractivity contribution in [3.63, 3.8) is 0 Å².